The Morgan fingerprint density at radius 1 is 0.833 bits per heavy atom. The van der Waals surface area contributed by atoms with E-state index in [1.807, 2.05) is 0 Å². The molecule has 1 heterocycles. The first-order valence-corrected chi connectivity index (χ1v) is 20.9. The first kappa shape index (κ1) is 23.1. The molecule has 4 aliphatic rings. The molecule has 0 unspecified atom stereocenters. The van der Waals surface area contributed by atoms with Gasteiger partial charge >= 0.3 is 191 Å². The van der Waals surface area contributed by atoms with E-state index in [2.05, 4.69) is 32.4 Å². The van der Waals surface area contributed by atoms with Crippen LogP contribution in [-0.4, -0.2) is 33.4 Å². The normalized spacial score (nSPS) is 30.3. The van der Waals surface area contributed by atoms with E-state index in [4.69, 9.17) is 10.3 Å². The standard InChI is InChI=1S/C14H20N3.3C4H9.Sn/c1-10-8-15-16-17(10)9-14-5-11-2-12(6-14)4-13(3-11)7-14;3*1-3-4-2;/h11-13H,2-7,9H2,1H3;3*1,3-4H2,2H3;. The molecule has 0 aromatic carbocycles. The van der Waals surface area contributed by atoms with Crippen LogP contribution < -0.4 is 3.71 Å². The van der Waals surface area contributed by atoms with Crippen LogP contribution in [0.15, 0.2) is 0 Å². The zero-order valence-electron chi connectivity index (χ0n) is 20.4. The van der Waals surface area contributed by atoms with Crippen LogP contribution in [0.25, 0.3) is 0 Å². The summed E-state index contributed by atoms with van der Waals surface area (Å²) in [6.07, 6.45) is 17.2. The van der Waals surface area contributed by atoms with Gasteiger partial charge in [0.25, 0.3) is 0 Å². The average molecular weight is 520 g/mol. The number of rotatable bonds is 12. The van der Waals surface area contributed by atoms with Gasteiger partial charge in [-0.05, 0) is 0 Å². The van der Waals surface area contributed by atoms with Gasteiger partial charge in [0.05, 0.1) is 0 Å². The molecule has 0 radical (unpaired) electrons. The molecule has 3 nitrogen and oxygen atoms in total. The van der Waals surface area contributed by atoms with Crippen molar-refractivity contribution in [3.05, 3.63) is 5.69 Å². The van der Waals surface area contributed by atoms with Crippen molar-refractivity contribution in [3.63, 3.8) is 0 Å². The number of hydrogen-bond donors (Lipinski definition) is 0. The monoisotopic (exact) mass is 521 g/mol. The van der Waals surface area contributed by atoms with Crippen molar-refractivity contribution < 1.29 is 0 Å². The van der Waals surface area contributed by atoms with Crippen LogP contribution >= 0.6 is 0 Å². The fraction of sp³-hybridized carbons (Fsp3) is 0.923. The summed E-state index contributed by atoms with van der Waals surface area (Å²) in [4.78, 5) is 0. The molecule has 4 heteroatoms. The zero-order chi connectivity index (χ0) is 21.2. The van der Waals surface area contributed by atoms with E-state index >= 15 is 0 Å². The Balaban J connectivity index is 1.59. The molecule has 0 amide bonds. The third kappa shape index (κ3) is 4.66. The van der Waals surface area contributed by atoms with Crippen molar-refractivity contribution in [3.8, 4) is 0 Å². The van der Waals surface area contributed by atoms with Crippen LogP contribution in [0.3, 0.4) is 0 Å². The molecule has 0 saturated heterocycles. The molecule has 0 spiro atoms. The number of aromatic nitrogens is 3. The van der Waals surface area contributed by atoms with Crippen LogP contribution in [0.4, 0.5) is 0 Å². The maximum absolute atomic E-state index is 5.05. The molecule has 0 aliphatic heterocycles. The van der Waals surface area contributed by atoms with Crippen LogP contribution in [0.2, 0.25) is 13.3 Å². The van der Waals surface area contributed by atoms with Gasteiger partial charge in [-0.1, -0.05) is 0 Å². The summed E-state index contributed by atoms with van der Waals surface area (Å²) in [7, 11) is 0. The quantitative estimate of drug-likeness (QED) is 0.282. The first-order chi connectivity index (χ1) is 14.5. The predicted molar refractivity (Wildman–Crippen MR) is 130 cm³/mol. The van der Waals surface area contributed by atoms with Gasteiger partial charge in [0.15, 0.2) is 0 Å². The fourth-order valence-corrected chi connectivity index (χ4v) is 24.4. The van der Waals surface area contributed by atoms with Crippen LogP contribution in [-0.2, 0) is 6.54 Å². The molecule has 0 atom stereocenters. The van der Waals surface area contributed by atoms with Gasteiger partial charge in [0.1, 0.15) is 0 Å². The Morgan fingerprint density at radius 2 is 1.30 bits per heavy atom. The third-order valence-corrected chi connectivity index (χ3v) is 24.6. The van der Waals surface area contributed by atoms with Gasteiger partial charge < -0.3 is 0 Å². The number of hydrogen-bond acceptors (Lipinski definition) is 2. The minimum atomic E-state index is -2.49. The van der Waals surface area contributed by atoms with Crippen molar-refractivity contribution >= 4 is 22.1 Å². The van der Waals surface area contributed by atoms with Gasteiger partial charge in [-0.15, -0.1) is 0 Å². The van der Waals surface area contributed by atoms with Crippen molar-refractivity contribution in [1.29, 1.82) is 0 Å². The van der Waals surface area contributed by atoms with E-state index in [1.54, 1.807) is 3.71 Å². The van der Waals surface area contributed by atoms with E-state index in [9.17, 15) is 0 Å². The Hall–Kier alpha value is -0.0613. The average Bonchev–Trinajstić information content (AvgIpc) is 3.07. The Bertz CT molecular complexity index is 637. The summed E-state index contributed by atoms with van der Waals surface area (Å²) in [5, 5.41) is 9.95. The molecular formula is C26H47N3Sn. The summed E-state index contributed by atoms with van der Waals surface area (Å²) in [6, 6.07) is 0. The second-order valence-corrected chi connectivity index (χ2v) is 24.6. The summed E-state index contributed by atoms with van der Waals surface area (Å²) in [5.41, 5.74) is 2.05. The van der Waals surface area contributed by atoms with Crippen molar-refractivity contribution in [2.75, 3.05) is 0 Å². The van der Waals surface area contributed by atoms with Gasteiger partial charge in [-0.25, -0.2) is 0 Å². The van der Waals surface area contributed by atoms with E-state index < -0.39 is 18.4 Å². The molecule has 0 N–H and O–H groups in total. The molecule has 4 saturated carbocycles. The van der Waals surface area contributed by atoms with Gasteiger partial charge in [-0.3, -0.25) is 0 Å². The minimum absolute atomic E-state index is 0.554. The SMILES string of the molecule is CCC[CH2][Sn]([CH2]CCC)([CH2]CCC)[c]1nnn(CC23CC4CC(CC(C4)C2)C3)c1C. The van der Waals surface area contributed by atoms with Crippen LogP contribution in [0.5, 0.6) is 0 Å². The summed E-state index contributed by atoms with van der Waals surface area (Å²) < 4.78 is 8.49. The number of nitrogens with zero attached hydrogens (tertiary/aromatic N) is 3. The van der Waals surface area contributed by atoms with Crippen molar-refractivity contribution in [1.82, 2.24) is 15.0 Å². The fourth-order valence-electron chi connectivity index (χ4n) is 8.08. The molecule has 170 valence electrons. The molecule has 4 fully saturated rings. The van der Waals surface area contributed by atoms with Gasteiger partial charge in [0.2, 0.25) is 0 Å². The van der Waals surface area contributed by atoms with Gasteiger partial charge in [-0.2, -0.15) is 0 Å². The van der Waals surface area contributed by atoms with Crippen LogP contribution in [0, 0.1) is 30.1 Å². The summed E-state index contributed by atoms with van der Waals surface area (Å²) in [6.45, 7) is 10.7. The molecule has 5 rings (SSSR count). The van der Waals surface area contributed by atoms with E-state index in [1.165, 1.54) is 103 Å². The Labute approximate surface area is 190 Å². The number of unbranched alkanes of at least 4 members (excludes halogenated alkanes) is 3. The van der Waals surface area contributed by atoms with Crippen molar-refractivity contribution in [2.24, 2.45) is 23.2 Å². The van der Waals surface area contributed by atoms with E-state index in [0.29, 0.717) is 5.41 Å². The summed E-state index contributed by atoms with van der Waals surface area (Å²) >= 11 is -2.49. The predicted octanol–water partition coefficient (Wildman–Crippen LogP) is 6.86. The molecule has 4 aliphatic carbocycles. The Morgan fingerprint density at radius 3 is 1.73 bits per heavy atom. The molecular weight excluding hydrogens is 473 g/mol. The van der Waals surface area contributed by atoms with Crippen molar-refractivity contribution in [2.45, 2.75) is 125 Å². The van der Waals surface area contributed by atoms with E-state index in [0.717, 1.165) is 17.8 Å². The topological polar surface area (TPSA) is 30.7 Å². The molecule has 4 bridgehead atoms. The van der Waals surface area contributed by atoms with Crippen LogP contribution in [0.1, 0.15) is 104 Å². The second-order valence-electron chi connectivity index (χ2n) is 11.7. The maximum atomic E-state index is 5.05. The summed E-state index contributed by atoms with van der Waals surface area (Å²) in [5.74, 6) is 3.07. The van der Waals surface area contributed by atoms with Gasteiger partial charge in [0, 0.05) is 0 Å². The third-order valence-electron chi connectivity index (χ3n) is 9.16. The van der Waals surface area contributed by atoms with E-state index in [-0.39, 0.29) is 0 Å². The zero-order valence-corrected chi connectivity index (χ0v) is 23.2. The first-order valence-electron chi connectivity index (χ1n) is 13.4. The molecule has 30 heavy (non-hydrogen) atoms. The second kappa shape index (κ2) is 9.83. The Kier molecular flexibility index (Phi) is 7.57. The molecule has 1 aromatic rings. The molecule has 1 aromatic heterocycles.